The lowest BCUT2D eigenvalue weighted by molar-refractivity contribution is -0.149. The molecule has 0 aromatic heterocycles. The third-order valence-electron chi connectivity index (χ3n) is 6.36. The topological polar surface area (TPSA) is 102 Å². The van der Waals surface area contributed by atoms with Crippen molar-refractivity contribution >= 4 is 61.2 Å². The summed E-state index contributed by atoms with van der Waals surface area (Å²) in [5.74, 6) is -1.20. The van der Waals surface area contributed by atoms with Gasteiger partial charge in [0, 0.05) is 21.9 Å². The van der Waals surface area contributed by atoms with Gasteiger partial charge < -0.3 is 14.8 Å². The number of amides is 3. The van der Waals surface area contributed by atoms with Crippen LogP contribution in [-0.4, -0.2) is 58.5 Å². The highest BCUT2D eigenvalue weighted by atomic mass is 79.9. The SMILES string of the molecule is COc1ccc(NC(=O)COC(=O)CCN2C(=O)[C@@H]3[C@H]4C[C@@H]([C@H](Br)[C@H]4Br)[C@@H]3C2=O)cc1. The number of carbonyl (C=O) groups is 4. The highest BCUT2D eigenvalue weighted by Crippen LogP contribution is 2.60. The first-order valence-electron chi connectivity index (χ1n) is 10.0. The number of imide groups is 1. The summed E-state index contributed by atoms with van der Waals surface area (Å²) in [6.45, 7) is -0.471. The number of benzene rings is 1. The molecule has 1 N–H and O–H groups in total. The predicted octanol–water partition coefficient (Wildman–Crippen LogP) is 2.34. The van der Waals surface area contributed by atoms with Crippen LogP contribution in [-0.2, 0) is 23.9 Å². The number of hydrogen-bond acceptors (Lipinski definition) is 6. The number of alkyl halides is 2. The molecule has 4 rings (SSSR count). The molecule has 166 valence electrons. The standard InChI is InChI=1S/C21H22Br2N2O6/c1-30-11-4-2-10(3-5-11)24-14(26)9-31-15(27)6-7-25-20(28)16-12-8-13(17(16)21(25)29)19(23)18(12)22/h2-5,12-13,16-19H,6-9H2,1H3,(H,24,26)/t12-,13-,16-,17+,18+,19+/m1/s1. The van der Waals surface area contributed by atoms with E-state index in [1.165, 1.54) is 4.90 Å². The van der Waals surface area contributed by atoms with Crippen LogP contribution in [0, 0.1) is 23.7 Å². The van der Waals surface area contributed by atoms with Gasteiger partial charge in [0.05, 0.1) is 25.4 Å². The van der Waals surface area contributed by atoms with E-state index in [0.29, 0.717) is 11.4 Å². The predicted molar refractivity (Wildman–Crippen MR) is 118 cm³/mol. The number of anilines is 1. The number of hydrogen-bond donors (Lipinski definition) is 1. The fraction of sp³-hybridized carbons (Fsp3) is 0.524. The molecule has 1 heterocycles. The van der Waals surface area contributed by atoms with Crippen LogP contribution in [0.3, 0.4) is 0 Å². The Hall–Kier alpha value is -1.94. The fourth-order valence-electron chi connectivity index (χ4n) is 4.92. The number of fused-ring (bicyclic) bond motifs is 5. The number of methoxy groups -OCH3 is 1. The van der Waals surface area contributed by atoms with E-state index in [2.05, 4.69) is 37.2 Å². The van der Waals surface area contributed by atoms with E-state index >= 15 is 0 Å². The monoisotopic (exact) mass is 556 g/mol. The van der Waals surface area contributed by atoms with Crippen LogP contribution in [0.2, 0.25) is 0 Å². The lowest BCUT2D eigenvalue weighted by Crippen LogP contribution is -2.37. The largest absolute Gasteiger partial charge is 0.497 e. The van der Waals surface area contributed by atoms with Crippen LogP contribution in [0.4, 0.5) is 5.69 Å². The molecular weight excluding hydrogens is 536 g/mol. The molecule has 3 aliphatic rings. The maximum Gasteiger partial charge on any atom is 0.308 e. The van der Waals surface area contributed by atoms with Gasteiger partial charge in [-0.15, -0.1) is 0 Å². The van der Waals surface area contributed by atoms with E-state index in [1.54, 1.807) is 31.4 Å². The maximum atomic E-state index is 12.8. The van der Waals surface area contributed by atoms with Crippen LogP contribution >= 0.6 is 31.9 Å². The van der Waals surface area contributed by atoms with E-state index in [4.69, 9.17) is 9.47 Å². The van der Waals surface area contributed by atoms with Crippen molar-refractivity contribution in [3.05, 3.63) is 24.3 Å². The van der Waals surface area contributed by atoms with Crippen molar-refractivity contribution in [2.24, 2.45) is 23.7 Å². The van der Waals surface area contributed by atoms with E-state index in [0.717, 1.165) is 6.42 Å². The molecule has 8 nitrogen and oxygen atoms in total. The van der Waals surface area contributed by atoms with Crippen LogP contribution < -0.4 is 10.1 Å². The third-order valence-corrected chi connectivity index (χ3v) is 9.56. The normalized spacial score (nSPS) is 31.0. The van der Waals surface area contributed by atoms with Gasteiger partial charge in [-0.2, -0.15) is 0 Å². The van der Waals surface area contributed by atoms with Gasteiger partial charge in [-0.05, 0) is 42.5 Å². The molecule has 1 aromatic carbocycles. The highest BCUT2D eigenvalue weighted by molar-refractivity contribution is 9.12. The second kappa shape index (κ2) is 8.90. The van der Waals surface area contributed by atoms with Crippen LogP contribution in [0.1, 0.15) is 12.8 Å². The van der Waals surface area contributed by atoms with Gasteiger partial charge in [0.2, 0.25) is 11.8 Å². The number of likely N-dealkylation sites (tertiary alicyclic amines) is 1. The molecule has 6 atom stereocenters. The third kappa shape index (κ3) is 4.11. The Labute approximate surface area is 196 Å². The second-order valence-corrected chi connectivity index (χ2v) is 10.1. The first-order chi connectivity index (χ1) is 14.8. The summed E-state index contributed by atoms with van der Waals surface area (Å²) in [6, 6.07) is 6.73. The zero-order valence-electron chi connectivity index (χ0n) is 16.8. The number of nitrogens with one attached hydrogen (secondary N) is 1. The summed E-state index contributed by atoms with van der Waals surface area (Å²) in [7, 11) is 1.55. The smallest absolute Gasteiger partial charge is 0.308 e. The molecule has 0 unspecified atom stereocenters. The molecule has 1 aromatic rings. The summed E-state index contributed by atoms with van der Waals surface area (Å²) in [4.78, 5) is 51.2. The molecular formula is C21H22Br2N2O6. The minimum atomic E-state index is -0.637. The number of rotatable bonds is 7. The minimum absolute atomic E-state index is 0.0249. The minimum Gasteiger partial charge on any atom is -0.497 e. The zero-order chi connectivity index (χ0) is 22.3. The molecule has 2 bridgehead atoms. The average molecular weight is 558 g/mol. The average Bonchev–Trinajstić information content (AvgIpc) is 3.36. The molecule has 31 heavy (non-hydrogen) atoms. The zero-order valence-corrected chi connectivity index (χ0v) is 19.9. The van der Waals surface area contributed by atoms with Gasteiger partial charge in [0.25, 0.3) is 5.91 Å². The molecule has 2 aliphatic carbocycles. The second-order valence-electron chi connectivity index (χ2n) is 8.02. The van der Waals surface area contributed by atoms with Crippen molar-refractivity contribution in [2.75, 3.05) is 25.6 Å². The van der Waals surface area contributed by atoms with E-state index in [-0.39, 0.29) is 58.1 Å². The highest BCUT2D eigenvalue weighted by Gasteiger charge is 2.66. The maximum absolute atomic E-state index is 12.8. The van der Waals surface area contributed by atoms with E-state index < -0.39 is 18.5 Å². The first-order valence-corrected chi connectivity index (χ1v) is 11.9. The van der Waals surface area contributed by atoms with Gasteiger partial charge in [0.1, 0.15) is 5.75 Å². The quantitative estimate of drug-likeness (QED) is 0.314. The Morgan fingerprint density at radius 3 is 2.19 bits per heavy atom. The number of halogens is 2. The number of ether oxygens (including phenoxy) is 2. The van der Waals surface area contributed by atoms with Gasteiger partial charge in [-0.1, -0.05) is 31.9 Å². The molecule has 3 fully saturated rings. The van der Waals surface area contributed by atoms with Crippen molar-refractivity contribution in [2.45, 2.75) is 22.5 Å². The Bertz CT molecular complexity index is 876. The lowest BCUT2D eigenvalue weighted by Gasteiger charge is -2.28. The van der Waals surface area contributed by atoms with Crippen molar-refractivity contribution in [1.29, 1.82) is 0 Å². The van der Waals surface area contributed by atoms with Crippen molar-refractivity contribution in [1.82, 2.24) is 4.90 Å². The number of nitrogens with zero attached hydrogens (tertiary/aromatic N) is 1. The molecule has 1 saturated heterocycles. The summed E-state index contributed by atoms with van der Waals surface area (Å²) < 4.78 is 10.0. The van der Waals surface area contributed by atoms with Gasteiger partial charge >= 0.3 is 5.97 Å². The molecule has 1 aliphatic heterocycles. The van der Waals surface area contributed by atoms with E-state index in [1.807, 2.05) is 0 Å². The van der Waals surface area contributed by atoms with Crippen molar-refractivity contribution in [3.8, 4) is 5.75 Å². The van der Waals surface area contributed by atoms with Crippen molar-refractivity contribution < 1.29 is 28.7 Å². The van der Waals surface area contributed by atoms with Gasteiger partial charge in [-0.25, -0.2) is 0 Å². The molecule has 0 radical (unpaired) electrons. The first kappa shape index (κ1) is 22.3. The number of esters is 1. The Balaban J connectivity index is 1.24. The van der Waals surface area contributed by atoms with Gasteiger partial charge in [0.15, 0.2) is 6.61 Å². The van der Waals surface area contributed by atoms with Crippen LogP contribution in [0.5, 0.6) is 5.75 Å². The van der Waals surface area contributed by atoms with Crippen LogP contribution in [0.25, 0.3) is 0 Å². The molecule has 3 amide bonds. The summed E-state index contributed by atoms with van der Waals surface area (Å²) in [5, 5.41) is 2.61. The molecule has 10 heteroatoms. The van der Waals surface area contributed by atoms with Gasteiger partial charge in [-0.3, -0.25) is 24.1 Å². The fourth-order valence-corrected chi connectivity index (χ4v) is 6.80. The molecule has 0 spiro atoms. The lowest BCUT2D eigenvalue weighted by atomic mass is 9.81. The molecule has 2 saturated carbocycles. The summed E-state index contributed by atoms with van der Waals surface area (Å²) in [6.07, 6.45) is 0.718. The Morgan fingerprint density at radius 2 is 1.65 bits per heavy atom. The summed E-state index contributed by atoms with van der Waals surface area (Å²) >= 11 is 7.29. The van der Waals surface area contributed by atoms with E-state index in [9.17, 15) is 19.2 Å². The van der Waals surface area contributed by atoms with Crippen LogP contribution in [0.15, 0.2) is 24.3 Å². The van der Waals surface area contributed by atoms with Crippen molar-refractivity contribution in [3.63, 3.8) is 0 Å². The summed E-state index contributed by atoms with van der Waals surface area (Å²) in [5.41, 5.74) is 0.548. The Kier molecular flexibility index (Phi) is 6.39. The number of carbonyl (C=O) groups excluding carboxylic acids is 4. The Morgan fingerprint density at radius 1 is 1.06 bits per heavy atom.